The molecule has 0 amide bonds. The van der Waals surface area contributed by atoms with Crippen molar-refractivity contribution in [3.05, 3.63) is 95.6 Å². The predicted octanol–water partition coefficient (Wildman–Crippen LogP) is 3.96. The van der Waals surface area contributed by atoms with Gasteiger partial charge in [0.2, 0.25) is 12.0 Å². The van der Waals surface area contributed by atoms with Gasteiger partial charge in [0, 0.05) is 13.2 Å². The lowest BCUT2D eigenvalue weighted by atomic mass is 9.81. The first-order valence-electron chi connectivity index (χ1n) is 10.7. The van der Waals surface area contributed by atoms with E-state index in [0.717, 1.165) is 11.1 Å². The first-order valence-corrected chi connectivity index (χ1v) is 10.7. The molecule has 0 bridgehead atoms. The topological polar surface area (TPSA) is 75.6 Å². The zero-order valence-electron chi connectivity index (χ0n) is 18.9. The van der Waals surface area contributed by atoms with Crippen LogP contribution in [0, 0.1) is 5.92 Å². The highest BCUT2D eigenvalue weighted by atomic mass is 16.6. The van der Waals surface area contributed by atoms with Crippen LogP contribution in [0.1, 0.15) is 17.5 Å². The summed E-state index contributed by atoms with van der Waals surface area (Å²) in [7, 11) is 4.66. The lowest BCUT2D eigenvalue weighted by Crippen LogP contribution is -2.49. The number of aliphatic imine (C=N–C) groups is 1. The molecule has 0 spiro atoms. The van der Waals surface area contributed by atoms with Crippen molar-refractivity contribution in [3.8, 4) is 0 Å². The summed E-state index contributed by atoms with van der Waals surface area (Å²) in [6, 6.07) is 19.0. The van der Waals surface area contributed by atoms with Crippen molar-refractivity contribution < 1.29 is 28.5 Å². The summed E-state index contributed by atoms with van der Waals surface area (Å²) in [5.41, 5.74) is 0.258. The van der Waals surface area contributed by atoms with Gasteiger partial charge in [-0.15, -0.1) is 0 Å². The van der Waals surface area contributed by atoms with Crippen molar-refractivity contribution in [1.82, 2.24) is 0 Å². The highest BCUT2D eigenvalue weighted by Crippen LogP contribution is 2.40. The molecule has 2 aromatic rings. The summed E-state index contributed by atoms with van der Waals surface area (Å²) in [6.07, 6.45) is 2.95. The van der Waals surface area contributed by atoms with E-state index in [4.69, 9.17) is 23.7 Å². The van der Waals surface area contributed by atoms with Crippen LogP contribution in [0.25, 0.3) is 0 Å². The Hall–Kier alpha value is -3.58. The van der Waals surface area contributed by atoms with Gasteiger partial charge >= 0.3 is 5.97 Å². The minimum absolute atomic E-state index is 0.113. The summed E-state index contributed by atoms with van der Waals surface area (Å²) in [5, 5.41) is 0. The highest BCUT2D eigenvalue weighted by molar-refractivity contribution is 5.88. The third kappa shape index (κ3) is 4.36. The largest absolute Gasteiger partial charge is 0.497 e. The maximum Gasteiger partial charge on any atom is 0.351 e. The van der Waals surface area contributed by atoms with Gasteiger partial charge in [0.05, 0.1) is 20.1 Å². The number of benzene rings is 2. The second kappa shape index (κ2) is 9.92. The Balaban J connectivity index is 1.86. The van der Waals surface area contributed by atoms with Crippen molar-refractivity contribution in [2.24, 2.45) is 10.9 Å². The molecule has 2 aromatic carbocycles. The molecule has 2 heterocycles. The van der Waals surface area contributed by atoms with Crippen molar-refractivity contribution in [3.63, 3.8) is 0 Å². The van der Waals surface area contributed by atoms with Gasteiger partial charge in [0.25, 0.3) is 0 Å². The van der Waals surface area contributed by atoms with Crippen molar-refractivity contribution in [1.29, 1.82) is 0 Å². The Morgan fingerprint density at radius 1 is 0.939 bits per heavy atom. The molecule has 2 aliphatic heterocycles. The molecule has 1 unspecified atom stereocenters. The first kappa shape index (κ1) is 22.6. The third-order valence-electron chi connectivity index (χ3n) is 5.86. The molecule has 0 aliphatic carbocycles. The number of cyclic esters (lactones) is 1. The number of allylic oxidation sites excluding steroid dienone is 2. The van der Waals surface area contributed by atoms with Crippen molar-refractivity contribution >= 4 is 11.9 Å². The van der Waals surface area contributed by atoms with Crippen LogP contribution >= 0.6 is 0 Å². The van der Waals surface area contributed by atoms with Gasteiger partial charge in [-0.25, -0.2) is 4.79 Å². The van der Waals surface area contributed by atoms with E-state index in [9.17, 15) is 4.79 Å². The molecule has 7 heteroatoms. The fraction of sp³-hybridized carbons (Fsp3) is 0.308. The van der Waals surface area contributed by atoms with Crippen LogP contribution < -0.4 is 0 Å². The smallest absolute Gasteiger partial charge is 0.351 e. The fourth-order valence-electron chi connectivity index (χ4n) is 4.14. The maximum absolute atomic E-state index is 13.4. The minimum atomic E-state index is -1.26. The number of carbonyl (C=O) groups excluding carboxylic acids is 1. The van der Waals surface area contributed by atoms with E-state index < -0.39 is 17.7 Å². The second-order valence-corrected chi connectivity index (χ2v) is 7.68. The standard InChI is InChI=1S/C26H27NO6/c1-29-21-15-14-18-17-32-25(28)23(33-24(18)27-22(16-21)30-2)26(31-3,19-10-6-4-7-11-19)20-12-8-5-9-13-20/h4-13,15-16,18,23H,14,17H2,1-3H3/b21-15+,22-16+,27-24+/t18?,23-/m1/s1. The number of carbonyl (C=O) groups is 1. The number of methoxy groups -OCH3 is 3. The zero-order chi connectivity index (χ0) is 23.3. The van der Waals surface area contributed by atoms with Crippen molar-refractivity contribution in [2.45, 2.75) is 18.1 Å². The SMILES string of the molecule is COC1=C/CC2COC(=O)[C@H](C(OC)(c3ccccc3)c3ccccc3)O/C2=N/C(OC)=C\1. The number of rotatable bonds is 6. The van der Waals surface area contributed by atoms with Gasteiger partial charge < -0.3 is 23.7 Å². The van der Waals surface area contributed by atoms with Gasteiger partial charge in [-0.3, -0.25) is 0 Å². The molecular weight excluding hydrogens is 422 g/mol. The van der Waals surface area contributed by atoms with E-state index in [1.165, 1.54) is 7.11 Å². The Kier molecular flexibility index (Phi) is 6.79. The molecule has 2 aliphatic rings. The predicted molar refractivity (Wildman–Crippen MR) is 122 cm³/mol. The summed E-state index contributed by atoms with van der Waals surface area (Å²) < 4.78 is 29.0. The van der Waals surface area contributed by atoms with Crippen LogP contribution in [-0.4, -0.2) is 45.9 Å². The number of hydrogen-bond acceptors (Lipinski definition) is 7. The minimum Gasteiger partial charge on any atom is -0.497 e. The Morgan fingerprint density at radius 3 is 2.12 bits per heavy atom. The van der Waals surface area contributed by atoms with Crippen LogP contribution in [0.15, 0.2) is 89.5 Å². The molecule has 0 N–H and O–H groups in total. The third-order valence-corrected chi connectivity index (χ3v) is 5.86. The molecular formula is C26H27NO6. The van der Waals surface area contributed by atoms with Gasteiger partial charge in [0.1, 0.15) is 12.4 Å². The van der Waals surface area contributed by atoms with Gasteiger partial charge in [-0.05, 0) is 23.6 Å². The van der Waals surface area contributed by atoms with Crippen molar-refractivity contribution in [2.75, 3.05) is 27.9 Å². The molecule has 4 rings (SSSR count). The van der Waals surface area contributed by atoms with Crippen LogP contribution in [-0.2, 0) is 34.1 Å². The Labute approximate surface area is 193 Å². The van der Waals surface area contributed by atoms with Gasteiger partial charge in [-0.1, -0.05) is 60.7 Å². The maximum atomic E-state index is 13.4. The van der Waals surface area contributed by atoms with E-state index in [2.05, 4.69) is 4.99 Å². The average molecular weight is 450 g/mol. The molecule has 1 fully saturated rings. The summed E-state index contributed by atoms with van der Waals surface area (Å²) in [6.45, 7) is 0.113. The molecule has 172 valence electrons. The van der Waals surface area contributed by atoms with Crippen LogP contribution in [0.4, 0.5) is 0 Å². The van der Waals surface area contributed by atoms with E-state index >= 15 is 0 Å². The van der Waals surface area contributed by atoms with Crippen LogP contribution in [0.2, 0.25) is 0 Å². The van der Waals surface area contributed by atoms with E-state index in [-0.39, 0.29) is 12.5 Å². The molecule has 0 saturated carbocycles. The van der Waals surface area contributed by atoms with E-state index in [0.29, 0.717) is 24.0 Å². The number of ether oxygens (including phenoxy) is 5. The van der Waals surface area contributed by atoms with E-state index in [1.54, 1.807) is 20.3 Å². The molecule has 33 heavy (non-hydrogen) atoms. The molecule has 1 saturated heterocycles. The monoisotopic (exact) mass is 449 g/mol. The zero-order valence-corrected chi connectivity index (χ0v) is 18.9. The summed E-state index contributed by atoms with van der Waals surface area (Å²) in [5.74, 6) is 0.431. The number of hydrogen-bond donors (Lipinski definition) is 0. The number of fused-ring (bicyclic) bond motifs is 1. The summed E-state index contributed by atoms with van der Waals surface area (Å²) >= 11 is 0. The fourth-order valence-corrected chi connectivity index (χ4v) is 4.14. The lowest BCUT2D eigenvalue weighted by molar-refractivity contribution is -0.165. The van der Waals surface area contributed by atoms with Gasteiger partial charge in [0.15, 0.2) is 11.5 Å². The molecule has 2 atom stereocenters. The normalized spacial score (nSPS) is 25.7. The van der Waals surface area contributed by atoms with Crippen LogP contribution in [0.3, 0.4) is 0 Å². The molecule has 0 radical (unpaired) electrons. The Bertz CT molecular complexity index is 1020. The van der Waals surface area contributed by atoms with Gasteiger partial charge in [-0.2, -0.15) is 4.99 Å². The molecule has 7 nitrogen and oxygen atoms in total. The lowest BCUT2D eigenvalue weighted by Gasteiger charge is -2.38. The second-order valence-electron chi connectivity index (χ2n) is 7.68. The average Bonchev–Trinajstić information content (AvgIpc) is 3.00. The first-order chi connectivity index (χ1) is 16.1. The Morgan fingerprint density at radius 2 is 1.58 bits per heavy atom. The van der Waals surface area contributed by atoms with E-state index in [1.807, 2.05) is 66.7 Å². The van der Waals surface area contributed by atoms with Crippen LogP contribution in [0.5, 0.6) is 0 Å². The highest BCUT2D eigenvalue weighted by Gasteiger charge is 2.52. The quantitative estimate of drug-likeness (QED) is 0.622. The number of nitrogens with zero attached hydrogens (tertiary/aromatic N) is 1. The summed E-state index contributed by atoms with van der Waals surface area (Å²) in [4.78, 5) is 18.0. The molecule has 0 aromatic heterocycles. The number of esters is 1.